The fraction of sp³-hybridized carbons (Fsp3) is 0.278. The van der Waals surface area contributed by atoms with Crippen LogP contribution in [-0.2, 0) is 6.42 Å². The average molecular weight is 335 g/mol. The number of anilines is 1. The first-order valence-electron chi connectivity index (χ1n) is 7.54. The maximum Gasteiger partial charge on any atom is 0.251 e. The highest BCUT2D eigenvalue weighted by atomic mass is 35.5. The Kier molecular flexibility index (Phi) is 7.98. The molecule has 0 aliphatic carbocycles. The van der Waals surface area contributed by atoms with Crippen molar-refractivity contribution in [1.29, 1.82) is 0 Å². The van der Waals surface area contributed by atoms with E-state index < -0.39 is 0 Å². The SMILES string of the molecule is CCCOc1cccc(C(=O)NCCc2ccc(N)cc2)c1.Cl. The van der Waals surface area contributed by atoms with Crippen LogP contribution < -0.4 is 15.8 Å². The number of carbonyl (C=O) groups is 1. The summed E-state index contributed by atoms with van der Waals surface area (Å²) in [5.41, 5.74) is 8.16. The third kappa shape index (κ3) is 6.20. The molecule has 0 unspecified atom stereocenters. The van der Waals surface area contributed by atoms with Crippen LogP contribution in [0.1, 0.15) is 29.3 Å². The van der Waals surface area contributed by atoms with E-state index in [1.807, 2.05) is 43.3 Å². The number of hydrogen-bond acceptors (Lipinski definition) is 3. The zero-order chi connectivity index (χ0) is 15.8. The van der Waals surface area contributed by atoms with E-state index in [2.05, 4.69) is 5.32 Å². The van der Waals surface area contributed by atoms with Crippen molar-refractivity contribution in [2.45, 2.75) is 19.8 Å². The first-order valence-corrected chi connectivity index (χ1v) is 7.54. The molecule has 3 N–H and O–H groups in total. The lowest BCUT2D eigenvalue weighted by atomic mass is 10.1. The quantitative estimate of drug-likeness (QED) is 0.762. The van der Waals surface area contributed by atoms with Gasteiger partial charge in [-0.3, -0.25) is 4.79 Å². The molecule has 0 fully saturated rings. The number of rotatable bonds is 7. The van der Waals surface area contributed by atoms with Crippen molar-refractivity contribution in [3.63, 3.8) is 0 Å². The van der Waals surface area contributed by atoms with Crippen LogP contribution in [0.15, 0.2) is 48.5 Å². The molecule has 1 amide bonds. The van der Waals surface area contributed by atoms with E-state index in [-0.39, 0.29) is 18.3 Å². The first kappa shape index (κ1) is 18.8. The summed E-state index contributed by atoms with van der Waals surface area (Å²) >= 11 is 0. The van der Waals surface area contributed by atoms with E-state index in [9.17, 15) is 4.79 Å². The number of halogens is 1. The zero-order valence-electron chi connectivity index (χ0n) is 13.2. The van der Waals surface area contributed by atoms with E-state index in [0.29, 0.717) is 18.7 Å². The molecular formula is C18H23ClN2O2. The van der Waals surface area contributed by atoms with Gasteiger partial charge < -0.3 is 15.8 Å². The molecule has 0 aliphatic heterocycles. The molecule has 2 rings (SSSR count). The van der Waals surface area contributed by atoms with Crippen molar-refractivity contribution in [2.24, 2.45) is 0 Å². The highest BCUT2D eigenvalue weighted by Gasteiger charge is 2.06. The van der Waals surface area contributed by atoms with Gasteiger partial charge in [0.2, 0.25) is 0 Å². The van der Waals surface area contributed by atoms with Crippen LogP contribution >= 0.6 is 12.4 Å². The number of nitrogens with two attached hydrogens (primary N) is 1. The predicted molar refractivity (Wildman–Crippen MR) is 96.4 cm³/mol. The summed E-state index contributed by atoms with van der Waals surface area (Å²) in [5.74, 6) is 0.644. The lowest BCUT2D eigenvalue weighted by Gasteiger charge is -2.08. The Morgan fingerprint density at radius 1 is 1.17 bits per heavy atom. The van der Waals surface area contributed by atoms with Gasteiger partial charge in [0, 0.05) is 17.8 Å². The second-order valence-electron chi connectivity index (χ2n) is 5.12. The van der Waals surface area contributed by atoms with Crippen molar-refractivity contribution in [2.75, 3.05) is 18.9 Å². The Labute approximate surface area is 143 Å². The van der Waals surface area contributed by atoms with Gasteiger partial charge >= 0.3 is 0 Å². The number of nitrogen functional groups attached to an aromatic ring is 1. The number of hydrogen-bond donors (Lipinski definition) is 2. The first-order chi connectivity index (χ1) is 10.7. The monoisotopic (exact) mass is 334 g/mol. The van der Waals surface area contributed by atoms with E-state index >= 15 is 0 Å². The Hall–Kier alpha value is -2.20. The number of ether oxygens (including phenoxy) is 1. The van der Waals surface area contributed by atoms with Crippen molar-refractivity contribution in [3.05, 3.63) is 59.7 Å². The summed E-state index contributed by atoms with van der Waals surface area (Å²) in [6.45, 7) is 3.29. The summed E-state index contributed by atoms with van der Waals surface area (Å²) in [6.07, 6.45) is 1.72. The third-order valence-electron chi connectivity index (χ3n) is 3.25. The smallest absolute Gasteiger partial charge is 0.251 e. The fourth-order valence-electron chi connectivity index (χ4n) is 2.05. The van der Waals surface area contributed by atoms with Crippen LogP contribution in [0.5, 0.6) is 5.75 Å². The standard InChI is InChI=1S/C18H22N2O2.ClH/c1-2-12-22-17-5-3-4-15(13-17)18(21)20-11-10-14-6-8-16(19)9-7-14;/h3-9,13H,2,10-12,19H2,1H3,(H,20,21);1H. The van der Waals surface area contributed by atoms with Crippen LogP contribution in [0.25, 0.3) is 0 Å². The van der Waals surface area contributed by atoms with Gasteiger partial charge in [0.05, 0.1) is 6.61 Å². The lowest BCUT2D eigenvalue weighted by Crippen LogP contribution is -2.25. The molecule has 23 heavy (non-hydrogen) atoms. The molecular weight excluding hydrogens is 312 g/mol. The molecule has 5 heteroatoms. The average Bonchev–Trinajstić information content (AvgIpc) is 2.55. The normalized spacial score (nSPS) is 9.78. The van der Waals surface area contributed by atoms with Crippen molar-refractivity contribution in [1.82, 2.24) is 5.32 Å². The van der Waals surface area contributed by atoms with E-state index in [1.165, 1.54) is 0 Å². The van der Waals surface area contributed by atoms with Gasteiger partial charge in [-0.25, -0.2) is 0 Å². The molecule has 2 aromatic carbocycles. The molecule has 0 heterocycles. The molecule has 0 aromatic heterocycles. The minimum Gasteiger partial charge on any atom is -0.494 e. The van der Waals surface area contributed by atoms with Crippen LogP contribution in [-0.4, -0.2) is 19.1 Å². The Morgan fingerprint density at radius 3 is 2.61 bits per heavy atom. The molecule has 0 saturated heterocycles. The van der Waals surface area contributed by atoms with Gasteiger partial charge in [-0.15, -0.1) is 12.4 Å². The molecule has 0 bridgehead atoms. The Balaban J connectivity index is 0.00000264. The summed E-state index contributed by atoms with van der Waals surface area (Å²) < 4.78 is 5.54. The zero-order valence-corrected chi connectivity index (χ0v) is 14.1. The topological polar surface area (TPSA) is 64.3 Å². The third-order valence-corrected chi connectivity index (χ3v) is 3.25. The summed E-state index contributed by atoms with van der Waals surface area (Å²) in [7, 11) is 0. The van der Waals surface area contributed by atoms with Gasteiger partial charge in [0.25, 0.3) is 5.91 Å². The fourth-order valence-corrected chi connectivity index (χ4v) is 2.05. The highest BCUT2D eigenvalue weighted by Crippen LogP contribution is 2.13. The maximum atomic E-state index is 12.1. The molecule has 0 aliphatic rings. The number of benzene rings is 2. The predicted octanol–water partition coefficient (Wildman–Crippen LogP) is 3.45. The molecule has 0 saturated carbocycles. The van der Waals surface area contributed by atoms with Gasteiger partial charge in [-0.2, -0.15) is 0 Å². The van der Waals surface area contributed by atoms with Crippen molar-refractivity contribution in [3.8, 4) is 5.75 Å². The van der Waals surface area contributed by atoms with E-state index in [0.717, 1.165) is 29.8 Å². The van der Waals surface area contributed by atoms with Crippen LogP contribution in [0.4, 0.5) is 5.69 Å². The van der Waals surface area contributed by atoms with Crippen molar-refractivity contribution < 1.29 is 9.53 Å². The van der Waals surface area contributed by atoms with Gasteiger partial charge in [0.15, 0.2) is 0 Å². The molecule has 0 radical (unpaired) electrons. The number of carbonyl (C=O) groups excluding carboxylic acids is 1. The molecule has 0 atom stereocenters. The molecule has 4 nitrogen and oxygen atoms in total. The molecule has 124 valence electrons. The highest BCUT2D eigenvalue weighted by molar-refractivity contribution is 5.94. The van der Waals surface area contributed by atoms with E-state index in [4.69, 9.17) is 10.5 Å². The lowest BCUT2D eigenvalue weighted by molar-refractivity contribution is 0.0953. The van der Waals surface area contributed by atoms with Crippen LogP contribution in [0.3, 0.4) is 0 Å². The second-order valence-corrected chi connectivity index (χ2v) is 5.12. The number of amides is 1. The number of nitrogens with one attached hydrogen (secondary N) is 1. The minimum absolute atomic E-state index is 0. The van der Waals surface area contributed by atoms with Crippen LogP contribution in [0, 0.1) is 0 Å². The maximum absolute atomic E-state index is 12.1. The minimum atomic E-state index is -0.0857. The van der Waals surface area contributed by atoms with Gasteiger partial charge in [0.1, 0.15) is 5.75 Å². The largest absolute Gasteiger partial charge is 0.494 e. The molecule has 0 spiro atoms. The van der Waals surface area contributed by atoms with Crippen LogP contribution in [0.2, 0.25) is 0 Å². The summed E-state index contributed by atoms with van der Waals surface area (Å²) in [4.78, 5) is 12.1. The van der Waals surface area contributed by atoms with Crippen molar-refractivity contribution >= 4 is 24.0 Å². The van der Waals surface area contributed by atoms with Gasteiger partial charge in [-0.05, 0) is 48.7 Å². The Bertz CT molecular complexity index is 615. The Morgan fingerprint density at radius 2 is 1.91 bits per heavy atom. The molecule has 2 aromatic rings. The van der Waals surface area contributed by atoms with E-state index in [1.54, 1.807) is 12.1 Å². The van der Waals surface area contributed by atoms with Gasteiger partial charge in [-0.1, -0.05) is 25.1 Å². The second kappa shape index (κ2) is 9.74. The summed E-state index contributed by atoms with van der Waals surface area (Å²) in [5, 5.41) is 2.92. The summed E-state index contributed by atoms with van der Waals surface area (Å²) in [6, 6.07) is 14.9.